The Kier molecular flexibility index (Phi) is 4.84. The molecule has 3 aromatic rings. The zero-order chi connectivity index (χ0) is 18.8. The van der Waals surface area contributed by atoms with Gasteiger partial charge in [-0.2, -0.15) is 0 Å². The molecule has 2 aromatic carbocycles. The lowest BCUT2D eigenvalue weighted by Crippen LogP contribution is -2.24. The summed E-state index contributed by atoms with van der Waals surface area (Å²) in [5.41, 5.74) is 0.639. The summed E-state index contributed by atoms with van der Waals surface area (Å²) in [4.78, 5) is 4.09. The summed E-state index contributed by atoms with van der Waals surface area (Å²) in [6, 6.07) is 13.3. The number of hydrogen-bond acceptors (Lipinski definition) is 4. The average Bonchev–Trinajstić information content (AvgIpc) is 2.58. The Balaban J connectivity index is 1.82. The van der Waals surface area contributed by atoms with Gasteiger partial charge >= 0.3 is 6.36 Å². The lowest BCUT2D eigenvalue weighted by Gasteiger charge is -2.11. The summed E-state index contributed by atoms with van der Waals surface area (Å²) >= 11 is 0. The molecule has 0 aliphatic heterocycles. The summed E-state index contributed by atoms with van der Waals surface area (Å²) in [6.45, 7) is -0.194. The van der Waals surface area contributed by atoms with E-state index in [4.69, 9.17) is 0 Å². The van der Waals surface area contributed by atoms with Crippen LogP contribution in [-0.4, -0.2) is 19.8 Å². The van der Waals surface area contributed by atoms with Crippen LogP contribution in [0.15, 0.2) is 65.7 Å². The van der Waals surface area contributed by atoms with Crippen molar-refractivity contribution in [1.29, 1.82) is 0 Å². The van der Waals surface area contributed by atoms with Gasteiger partial charge in [0.1, 0.15) is 10.6 Å². The average molecular weight is 382 g/mol. The quantitative estimate of drug-likeness (QED) is 0.732. The van der Waals surface area contributed by atoms with E-state index in [1.807, 2.05) is 0 Å². The van der Waals surface area contributed by atoms with Crippen LogP contribution >= 0.6 is 0 Å². The molecule has 1 heterocycles. The summed E-state index contributed by atoms with van der Waals surface area (Å²) in [5.74, 6) is -0.416. The number of aromatic nitrogens is 1. The van der Waals surface area contributed by atoms with Crippen LogP contribution in [0.25, 0.3) is 10.9 Å². The molecule has 1 aromatic heterocycles. The van der Waals surface area contributed by atoms with Crippen LogP contribution in [0.5, 0.6) is 5.75 Å². The molecule has 0 saturated heterocycles. The van der Waals surface area contributed by atoms with E-state index >= 15 is 0 Å². The van der Waals surface area contributed by atoms with Gasteiger partial charge in [0.25, 0.3) is 0 Å². The first-order valence-electron chi connectivity index (χ1n) is 7.43. The van der Waals surface area contributed by atoms with Crippen LogP contribution < -0.4 is 9.46 Å². The molecule has 0 atom stereocenters. The molecular weight excluding hydrogens is 369 g/mol. The van der Waals surface area contributed by atoms with Crippen molar-refractivity contribution in [2.45, 2.75) is 17.8 Å². The third-order valence-corrected chi connectivity index (χ3v) is 4.92. The number of alkyl halides is 3. The summed E-state index contributed by atoms with van der Waals surface area (Å²) in [7, 11) is -3.91. The third-order valence-electron chi connectivity index (χ3n) is 3.48. The smallest absolute Gasteiger partial charge is 0.406 e. The number of benzene rings is 2. The van der Waals surface area contributed by atoms with Crippen LogP contribution in [0.1, 0.15) is 5.56 Å². The summed E-state index contributed by atoms with van der Waals surface area (Å²) < 4.78 is 68.2. The lowest BCUT2D eigenvalue weighted by atomic mass is 10.2. The van der Waals surface area contributed by atoms with Crippen molar-refractivity contribution < 1.29 is 26.3 Å². The van der Waals surface area contributed by atoms with Crippen LogP contribution in [0.3, 0.4) is 0 Å². The number of nitrogens with zero attached hydrogens (tertiary/aromatic N) is 1. The van der Waals surface area contributed by atoms with Gasteiger partial charge in [0.2, 0.25) is 10.0 Å². The topological polar surface area (TPSA) is 68.3 Å². The molecular formula is C17H13F3N2O3S. The minimum Gasteiger partial charge on any atom is -0.406 e. The summed E-state index contributed by atoms with van der Waals surface area (Å²) in [6.07, 6.45) is -3.33. The van der Waals surface area contributed by atoms with E-state index in [2.05, 4.69) is 14.4 Å². The molecule has 26 heavy (non-hydrogen) atoms. The molecule has 0 bridgehead atoms. The largest absolute Gasteiger partial charge is 0.573 e. The molecule has 3 rings (SSSR count). The molecule has 0 spiro atoms. The SMILES string of the molecule is O=S(=O)(NCc1cccc(OC(F)(F)F)c1)c1cccc2cccnc12. The molecule has 136 valence electrons. The van der Waals surface area contributed by atoms with Gasteiger partial charge in [-0.05, 0) is 29.8 Å². The van der Waals surface area contributed by atoms with Crippen LogP contribution in [0.2, 0.25) is 0 Å². The molecule has 0 unspecified atom stereocenters. The van der Waals surface area contributed by atoms with Gasteiger partial charge in [0.15, 0.2) is 0 Å². The lowest BCUT2D eigenvalue weighted by molar-refractivity contribution is -0.274. The Bertz CT molecular complexity index is 1030. The molecule has 0 radical (unpaired) electrons. The number of para-hydroxylation sites is 1. The maximum atomic E-state index is 12.6. The third kappa shape index (κ3) is 4.30. The van der Waals surface area contributed by atoms with E-state index in [1.165, 1.54) is 24.4 Å². The van der Waals surface area contributed by atoms with Crippen LogP contribution in [0, 0.1) is 0 Å². The fourth-order valence-electron chi connectivity index (χ4n) is 2.40. The minimum atomic E-state index is -4.81. The molecule has 5 nitrogen and oxygen atoms in total. The maximum Gasteiger partial charge on any atom is 0.573 e. The van der Waals surface area contributed by atoms with Gasteiger partial charge in [-0.25, -0.2) is 13.1 Å². The molecule has 0 amide bonds. The summed E-state index contributed by atoms with van der Waals surface area (Å²) in [5, 5.41) is 0.663. The Labute approximate surface area is 147 Å². The Morgan fingerprint density at radius 2 is 1.77 bits per heavy atom. The predicted molar refractivity (Wildman–Crippen MR) is 88.9 cm³/mol. The second kappa shape index (κ2) is 6.93. The van der Waals surface area contributed by atoms with Crippen molar-refractivity contribution in [3.05, 3.63) is 66.4 Å². The van der Waals surface area contributed by atoms with Crippen molar-refractivity contribution >= 4 is 20.9 Å². The van der Waals surface area contributed by atoms with Gasteiger partial charge < -0.3 is 4.74 Å². The first kappa shape index (κ1) is 18.2. The van der Waals surface area contributed by atoms with Crippen molar-refractivity contribution in [1.82, 2.24) is 9.71 Å². The molecule has 0 aliphatic carbocycles. The van der Waals surface area contributed by atoms with Gasteiger partial charge in [0.05, 0.1) is 5.52 Å². The van der Waals surface area contributed by atoms with E-state index in [9.17, 15) is 21.6 Å². The Morgan fingerprint density at radius 3 is 2.54 bits per heavy atom. The second-order valence-corrected chi connectivity index (χ2v) is 7.09. The number of rotatable bonds is 5. The van der Waals surface area contributed by atoms with Crippen molar-refractivity contribution in [2.75, 3.05) is 0 Å². The zero-order valence-corrected chi connectivity index (χ0v) is 14.0. The number of nitrogens with one attached hydrogen (secondary N) is 1. The van der Waals surface area contributed by atoms with Crippen molar-refractivity contribution in [3.8, 4) is 5.75 Å². The first-order chi connectivity index (χ1) is 12.2. The van der Waals surface area contributed by atoms with Gasteiger partial charge in [0, 0.05) is 18.1 Å². The highest BCUT2D eigenvalue weighted by atomic mass is 32.2. The van der Waals surface area contributed by atoms with Gasteiger partial charge in [-0.15, -0.1) is 13.2 Å². The normalized spacial score (nSPS) is 12.3. The highest BCUT2D eigenvalue weighted by molar-refractivity contribution is 7.89. The van der Waals surface area contributed by atoms with Crippen molar-refractivity contribution in [3.63, 3.8) is 0 Å². The van der Waals surface area contributed by atoms with Crippen LogP contribution in [0.4, 0.5) is 13.2 Å². The Hall–Kier alpha value is -2.65. The van der Waals surface area contributed by atoms with Gasteiger partial charge in [-0.3, -0.25) is 4.98 Å². The second-order valence-electron chi connectivity index (χ2n) is 5.35. The van der Waals surface area contributed by atoms with Gasteiger partial charge in [-0.1, -0.05) is 30.3 Å². The fraction of sp³-hybridized carbons (Fsp3) is 0.118. The number of halogens is 3. The predicted octanol–water partition coefficient (Wildman–Crippen LogP) is 3.61. The molecule has 0 saturated carbocycles. The van der Waals surface area contributed by atoms with Crippen LogP contribution in [-0.2, 0) is 16.6 Å². The monoisotopic (exact) mass is 382 g/mol. The number of hydrogen-bond donors (Lipinski definition) is 1. The van der Waals surface area contributed by atoms with E-state index in [-0.39, 0.29) is 11.4 Å². The number of pyridine rings is 1. The Morgan fingerprint density at radius 1 is 1.04 bits per heavy atom. The highest BCUT2D eigenvalue weighted by Gasteiger charge is 2.31. The molecule has 1 N–H and O–H groups in total. The number of fused-ring (bicyclic) bond motifs is 1. The molecule has 0 aliphatic rings. The van der Waals surface area contributed by atoms with E-state index in [1.54, 1.807) is 24.3 Å². The van der Waals surface area contributed by atoms with E-state index in [0.29, 0.717) is 16.5 Å². The highest BCUT2D eigenvalue weighted by Crippen LogP contribution is 2.24. The minimum absolute atomic E-state index is 0.00158. The first-order valence-corrected chi connectivity index (χ1v) is 8.91. The van der Waals surface area contributed by atoms with Crippen molar-refractivity contribution in [2.24, 2.45) is 0 Å². The standard InChI is InChI=1S/C17H13F3N2O3S/c18-17(19,20)25-14-7-1-4-12(10-14)11-22-26(23,24)15-8-2-5-13-6-3-9-21-16(13)15/h1-10,22H,11H2. The van der Waals surface area contributed by atoms with E-state index < -0.39 is 22.1 Å². The zero-order valence-electron chi connectivity index (χ0n) is 13.2. The molecule has 0 fully saturated rings. The molecule has 9 heteroatoms. The number of sulfonamides is 1. The number of ether oxygens (including phenoxy) is 1. The maximum absolute atomic E-state index is 12.6. The van der Waals surface area contributed by atoms with E-state index in [0.717, 1.165) is 12.1 Å². The fourth-order valence-corrected chi connectivity index (χ4v) is 3.60.